The van der Waals surface area contributed by atoms with Gasteiger partial charge in [0.05, 0.1) is 6.54 Å². The number of imide groups is 1. The summed E-state index contributed by atoms with van der Waals surface area (Å²) in [5, 5.41) is 2.53. The average Bonchev–Trinajstić information content (AvgIpc) is 2.95. The molecule has 2 aliphatic rings. The van der Waals surface area contributed by atoms with Gasteiger partial charge in [-0.25, -0.2) is 18.6 Å². The zero-order chi connectivity index (χ0) is 22.2. The third kappa shape index (κ3) is 4.26. The average molecular weight is 429 g/mol. The first-order chi connectivity index (χ1) is 14.7. The zero-order valence-corrected chi connectivity index (χ0v) is 16.9. The van der Waals surface area contributed by atoms with E-state index in [4.69, 9.17) is 4.74 Å². The summed E-state index contributed by atoms with van der Waals surface area (Å²) in [5.74, 6) is -3.00. The molecule has 1 N–H and O–H groups in total. The number of carbonyl (C=O) groups is 3. The van der Waals surface area contributed by atoms with Gasteiger partial charge in [0.1, 0.15) is 11.3 Å². The fourth-order valence-corrected chi connectivity index (χ4v) is 3.84. The van der Waals surface area contributed by atoms with E-state index in [1.165, 1.54) is 12.1 Å². The first kappa shape index (κ1) is 20.9. The maximum Gasteiger partial charge on any atom is 0.325 e. The van der Waals surface area contributed by atoms with Gasteiger partial charge in [-0.1, -0.05) is 6.07 Å². The molecule has 1 aromatic carbocycles. The molecule has 31 heavy (non-hydrogen) atoms. The van der Waals surface area contributed by atoms with Gasteiger partial charge in [-0.3, -0.25) is 14.5 Å². The van der Waals surface area contributed by atoms with E-state index < -0.39 is 48.6 Å². The molecule has 0 unspecified atom stereocenters. The number of hydrogen-bond acceptors (Lipinski definition) is 5. The first-order valence-electron chi connectivity index (χ1n) is 9.94. The normalized spacial score (nSPS) is 19.4. The fraction of sp³-hybridized carbons (Fsp3) is 0.364. The number of Topliss-reactive ketones (excluding diaryl/α,β-unsaturated/α-hetero) is 1. The van der Waals surface area contributed by atoms with Crippen molar-refractivity contribution in [3.05, 3.63) is 53.7 Å². The Morgan fingerprint density at radius 1 is 1.10 bits per heavy atom. The minimum absolute atomic E-state index is 0.145. The number of rotatable bonds is 5. The smallest absolute Gasteiger partial charge is 0.325 e. The topological polar surface area (TPSA) is 88.6 Å². The number of ketones is 1. The highest BCUT2D eigenvalue weighted by Gasteiger charge is 2.55. The molecule has 1 aliphatic carbocycles. The number of amides is 3. The molecule has 1 aliphatic heterocycles. The summed E-state index contributed by atoms with van der Waals surface area (Å²) in [6.07, 6.45) is -1.24. The lowest BCUT2D eigenvalue weighted by Gasteiger charge is -2.34. The minimum atomic E-state index is -2.84. The lowest BCUT2D eigenvalue weighted by atomic mass is 9.80. The molecule has 162 valence electrons. The number of nitrogens with one attached hydrogen (secondary N) is 1. The lowest BCUT2D eigenvalue weighted by molar-refractivity contribution is -0.135. The summed E-state index contributed by atoms with van der Waals surface area (Å²) in [5.41, 5.74) is -0.240. The Bertz CT molecular complexity index is 1030. The molecule has 0 atom stereocenters. The summed E-state index contributed by atoms with van der Waals surface area (Å²) in [4.78, 5) is 42.8. The Morgan fingerprint density at radius 2 is 1.77 bits per heavy atom. The van der Waals surface area contributed by atoms with Crippen molar-refractivity contribution in [3.63, 3.8) is 0 Å². The fourth-order valence-electron chi connectivity index (χ4n) is 3.84. The molecule has 1 spiro atoms. The second kappa shape index (κ2) is 7.72. The van der Waals surface area contributed by atoms with E-state index in [-0.39, 0.29) is 12.8 Å². The number of carbonyl (C=O) groups excluding carboxylic acids is 3. The molecule has 7 nitrogen and oxygen atoms in total. The van der Waals surface area contributed by atoms with Gasteiger partial charge >= 0.3 is 6.03 Å². The van der Waals surface area contributed by atoms with Crippen LogP contribution in [0.5, 0.6) is 11.6 Å². The number of halogens is 2. The van der Waals surface area contributed by atoms with Crippen molar-refractivity contribution in [2.24, 2.45) is 0 Å². The third-order valence-corrected chi connectivity index (χ3v) is 5.64. The number of aromatic nitrogens is 1. The number of benzene rings is 1. The Kier molecular flexibility index (Phi) is 5.20. The molecule has 1 aromatic heterocycles. The van der Waals surface area contributed by atoms with Crippen molar-refractivity contribution >= 4 is 17.7 Å². The Labute approximate surface area is 177 Å². The van der Waals surface area contributed by atoms with Crippen LogP contribution in [0.25, 0.3) is 0 Å². The van der Waals surface area contributed by atoms with E-state index in [0.717, 1.165) is 10.6 Å². The predicted octanol–water partition coefficient (Wildman–Crippen LogP) is 3.86. The molecule has 4 rings (SSSR count). The molecular weight excluding hydrogens is 408 g/mol. The maximum absolute atomic E-state index is 13.5. The van der Waals surface area contributed by atoms with Crippen molar-refractivity contribution in [1.82, 2.24) is 15.2 Å². The molecular formula is C22H21F2N3O4. The van der Waals surface area contributed by atoms with Crippen LogP contribution >= 0.6 is 0 Å². The quantitative estimate of drug-likeness (QED) is 0.576. The van der Waals surface area contributed by atoms with Gasteiger partial charge in [0.25, 0.3) is 5.91 Å². The minimum Gasteiger partial charge on any atom is -0.439 e. The number of aryl methyl sites for hydroxylation is 1. The summed E-state index contributed by atoms with van der Waals surface area (Å²) in [6.45, 7) is 1.38. The van der Waals surface area contributed by atoms with Gasteiger partial charge in [-0.2, -0.15) is 0 Å². The van der Waals surface area contributed by atoms with E-state index in [2.05, 4.69) is 10.3 Å². The van der Waals surface area contributed by atoms with Crippen molar-refractivity contribution in [2.45, 2.75) is 44.1 Å². The standard InChI is InChI=1S/C22H21F2N3O4/c1-14-3-2-4-18(25-14)31-16-7-5-15(6-8-16)17(28)13-27-19(29)21(26-20(27)30)9-11-22(23,24)12-10-21/h2-8H,9-13H2,1H3,(H,26,30). The van der Waals surface area contributed by atoms with Crippen LogP contribution in [0.4, 0.5) is 13.6 Å². The lowest BCUT2D eigenvalue weighted by Crippen LogP contribution is -2.51. The number of ether oxygens (including phenoxy) is 1. The first-order valence-corrected chi connectivity index (χ1v) is 9.94. The molecule has 0 radical (unpaired) electrons. The van der Waals surface area contributed by atoms with Gasteiger partial charge in [-0.15, -0.1) is 0 Å². The van der Waals surface area contributed by atoms with Crippen molar-refractivity contribution in [1.29, 1.82) is 0 Å². The molecule has 3 amide bonds. The Hall–Kier alpha value is -3.36. The van der Waals surface area contributed by atoms with E-state index >= 15 is 0 Å². The van der Waals surface area contributed by atoms with Crippen LogP contribution in [-0.2, 0) is 4.79 Å². The second-order valence-electron chi connectivity index (χ2n) is 7.93. The predicted molar refractivity (Wildman–Crippen MR) is 106 cm³/mol. The van der Waals surface area contributed by atoms with Crippen LogP contribution in [0.1, 0.15) is 41.7 Å². The molecule has 2 aromatic rings. The Morgan fingerprint density at radius 3 is 2.42 bits per heavy atom. The van der Waals surface area contributed by atoms with Crippen molar-refractivity contribution in [2.75, 3.05) is 6.54 Å². The van der Waals surface area contributed by atoms with Crippen LogP contribution in [0.3, 0.4) is 0 Å². The number of pyridine rings is 1. The number of hydrogen-bond donors (Lipinski definition) is 1. The van der Waals surface area contributed by atoms with E-state index in [1.54, 1.807) is 18.2 Å². The van der Waals surface area contributed by atoms with E-state index in [0.29, 0.717) is 17.2 Å². The van der Waals surface area contributed by atoms with Crippen LogP contribution in [0.2, 0.25) is 0 Å². The second-order valence-corrected chi connectivity index (χ2v) is 7.93. The van der Waals surface area contributed by atoms with Gasteiger partial charge in [0, 0.05) is 30.2 Å². The van der Waals surface area contributed by atoms with Gasteiger partial charge in [-0.05, 0) is 50.1 Å². The van der Waals surface area contributed by atoms with Crippen molar-refractivity contribution in [3.8, 4) is 11.6 Å². The van der Waals surface area contributed by atoms with Gasteiger partial charge in [0.2, 0.25) is 11.8 Å². The summed E-state index contributed by atoms with van der Waals surface area (Å²) >= 11 is 0. The Balaban J connectivity index is 1.41. The molecule has 2 fully saturated rings. The third-order valence-electron chi connectivity index (χ3n) is 5.64. The van der Waals surface area contributed by atoms with Crippen molar-refractivity contribution < 1.29 is 27.9 Å². The molecule has 9 heteroatoms. The highest BCUT2D eigenvalue weighted by atomic mass is 19.3. The number of alkyl halides is 2. The van der Waals surface area contributed by atoms with Crippen LogP contribution in [0.15, 0.2) is 42.5 Å². The maximum atomic E-state index is 13.5. The van der Waals surface area contributed by atoms with Crippen LogP contribution in [-0.4, -0.2) is 45.6 Å². The molecule has 1 saturated carbocycles. The molecule has 2 heterocycles. The highest BCUT2D eigenvalue weighted by molar-refractivity contribution is 6.11. The van der Waals surface area contributed by atoms with Crippen LogP contribution in [0, 0.1) is 6.92 Å². The summed E-state index contributed by atoms with van der Waals surface area (Å²) < 4.78 is 32.6. The molecule has 1 saturated heterocycles. The largest absolute Gasteiger partial charge is 0.439 e. The molecule has 0 bridgehead atoms. The van der Waals surface area contributed by atoms with Gasteiger partial charge < -0.3 is 10.1 Å². The van der Waals surface area contributed by atoms with Gasteiger partial charge in [0.15, 0.2) is 5.78 Å². The SMILES string of the molecule is Cc1cccc(Oc2ccc(C(=O)CN3C(=O)NC4(CCC(F)(F)CC4)C3=O)cc2)n1. The van der Waals surface area contributed by atoms with Crippen LogP contribution < -0.4 is 10.1 Å². The number of urea groups is 1. The summed E-state index contributed by atoms with van der Waals surface area (Å²) in [7, 11) is 0. The number of nitrogens with zero attached hydrogens (tertiary/aromatic N) is 2. The monoisotopic (exact) mass is 429 g/mol. The summed E-state index contributed by atoms with van der Waals surface area (Å²) in [6, 6.07) is 10.9. The zero-order valence-electron chi connectivity index (χ0n) is 16.9. The van der Waals surface area contributed by atoms with E-state index in [1.807, 2.05) is 19.1 Å². The van der Waals surface area contributed by atoms with E-state index in [9.17, 15) is 23.2 Å². The highest BCUT2D eigenvalue weighted by Crippen LogP contribution is 2.41.